The minimum Gasteiger partial charge on any atom is -0.507 e. The molecule has 0 bridgehead atoms. The number of aryl methyl sites for hydroxylation is 2. The number of carbonyl (C=O) groups excluding carboxylic acids is 2. The summed E-state index contributed by atoms with van der Waals surface area (Å²) in [5.41, 5.74) is 7.35. The summed E-state index contributed by atoms with van der Waals surface area (Å²) in [6.45, 7) is 8.41. The van der Waals surface area contributed by atoms with E-state index in [-0.39, 0.29) is 29.8 Å². The van der Waals surface area contributed by atoms with Crippen LogP contribution in [0.3, 0.4) is 0 Å². The quantitative estimate of drug-likeness (QED) is 0.163. The molecule has 2 saturated heterocycles. The molecule has 0 aromatic heterocycles. The first kappa shape index (κ1) is 29.3. The van der Waals surface area contributed by atoms with Crippen LogP contribution in [0.25, 0.3) is 11.6 Å². The Labute approximate surface area is 244 Å². The molecular formula is C34H42BNO5. The van der Waals surface area contributed by atoms with Crippen molar-refractivity contribution in [2.24, 2.45) is 17.8 Å². The first-order valence-corrected chi connectivity index (χ1v) is 15.2. The van der Waals surface area contributed by atoms with E-state index in [2.05, 4.69) is 25.1 Å². The van der Waals surface area contributed by atoms with Crippen LogP contribution in [-0.4, -0.2) is 46.6 Å². The molecule has 2 heterocycles. The maximum atomic E-state index is 13.5. The van der Waals surface area contributed by atoms with Crippen LogP contribution >= 0.6 is 0 Å². The van der Waals surface area contributed by atoms with Gasteiger partial charge >= 0.3 is 7.12 Å². The first-order valence-electron chi connectivity index (χ1n) is 15.2. The van der Waals surface area contributed by atoms with Crippen molar-refractivity contribution in [2.45, 2.75) is 78.6 Å². The zero-order valence-electron chi connectivity index (χ0n) is 24.7. The fraction of sp³-hybridized carbons (Fsp3) is 0.471. The number of nitrogens with zero attached hydrogens (tertiary/aromatic N) is 1. The maximum Gasteiger partial charge on any atom is 0.455 e. The highest BCUT2D eigenvalue weighted by molar-refractivity contribution is 6.43. The molecule has 2 N–H and O–H groups in total. The molecule has 0 unspecified atom stereocenters. The fourth-order valence-electron chi connectivity index (χ4n) is 7.32. The minimum absolute atomic E-state index is 0.0409. The van der Waals surface area contributed by atoms with E-state index in [9.17, 15) is 19.7 Å². The second-order valence-electron chi connectivity index (χ2n) is 12.0. The fourth-order valence-corrected chi connectivity index (χ4v) is 7.32. The van der Waals surface area contributed by atoms with E-state index in [1.165, 1.54) is 10.5 Å². The molecule has 1 aliphatic carbocycles. The lowest BCUT2D eigenvalue weighted by Crippen LogP contribution is -2.46. The average Bonchev–Trinajstić information content (AvgIpc) is 3.19. The molecule has 2 aromatic rings. The van der Waals surface area contributed by atoms with Crippen molar-refractivity contribution in [2.75, 3.05) is 6.54 Å². The summed E-state index contributed by atoms with van der Waals surface area (Å²) in [6, 6.07) is 14.3. The summed E-state index contributed by atoms with van der Waals surface area (Å²) < 4.78 is 6.24. The molecular weight excluding hydrogens is 513 g/mol. The molecule has 0 spiro atoms. The molecule has 0 saturated carbocycles. The van der Waals surface area contributed by atoms with Crippen LogP contribution < -0.4 is 0 Å². The zero-order valence-corrected chi connectivity index (χ0v) is 24.7. The van der Waals surface area contributed by atoms with E-state index < -0.39 is 13.0 Å². The Morgan fingerprint density at radius 1 is 1.05 bits per heavy atom. The van der Waals surface area contributed by atoms with Gasteiger partial charge in [0.2, 0.25) is 11.8 Å². The van der Waals surface area contributed by atoms with Crippen LogP contribution in [0, 0.1) is 31.6 Å². The summed E-state index contributed by atoms with van der Waals surface area (Å²) in [7, 11) is -0.968. The molecule has 2 aliphatic heterocycles. The lowest BCUT2D eigenvalue weighted by atomic mass is 9.58. The number of likely N-dealkylation sites (tertiary alicyclic amines) is 1. The number of benzene rings is 2. The first-order chi connectivity index (χ1) is 19.7. The van der Waals surface area contributed by atoms with Gasteiger partial charge in [-0.25, -0.2) is 0 Å². The zero-order chi connectivity index (χ0) is 29.3. The highest BCUT2D eigenvalue weighted by Crippen LogP contribution is 2.51. The number of hydrogen-bond acceptors (Lipinski definition) is 5. The third kappa shape index (κ3) is 5.80. The molecule has 4 atom stereocenters. The van der Waals surface area contributed by atoms with E-state index in [0.29, 0.717) is 37.9 Å². The predicted octanol–water partition coefficient (Wildman–Crippen LogP) is 6.34. The molecule has 5 rings (SSSR count). The molecule has 0 radical (unpaired) electrons. The number of imide groups is 1. The van der Waals surface area contributed by atoms with Gasteiger partial charge in [0.25, 0.3) is 0 Å². The number of amides is 2. The summed E-state index contributed by atoms with van der Waals surface area (Å²) in [6.07, 6.45) is 6.75. The summed E-state index contributed by atoms with van der Waals surface area (Å²) in [4.78, 5) is 28.3. The molecule has 2 fully saturated rings. The molecule has 2 aromatic carbocycles. The van der Waals surface area contributed by atoms with Crippen LogP contribution in [0.1, 0.15) is 74.6 Å². The SMILES string of the molecule is CCCC1=C2[C@@H](CC/C(=C/c3cc(C)c(O)c(C)c3)c3ccccc3)OB(O)C[C@@H]2[C@@H]2C(=O)N(CCC)C(=O)[C@@H]2C1. The van der Waals surface area contributed by atoms with Gasteiger partial charge < -0.3 is 14.8 Å². The third-order valence-corrected chi connectivity index (χ3v) is 9.07. The van der Waals surface area contributed by atoms with Crippen molar-refractivity contribution in [3.05, 3.63) is 75.9 Å². The van der Waals surface area contributed by atoms with Crippen molar-refractivity contribution in [3.8, 4) is 5.75 Å². The molecule has 2 amide bonds. The van der Waals surface area contributed by atoms with Crippen molar-refractivity contribution in [1.82, 2.24) is 4.90 Å². The van der Waals surface area contributed by atoms with Gasteiger partial charge in [0.15, 0.2) is 0 Å². The Bertz CT molecular complexity index is 1340. The van der Waals surface area contributed by atoms with Crippen molar-refractivity contribution >= 4 is 30.6 Å². The van der Waals surface area contributed by atoms with Crippen molar-refractivity contribution < 1.29 is 24.4 Å². The Morgan fingerprint density at radius 2 is 1.76 bits per heavy atom. The van der Waals surface area contributed by atoms with E-state index in [1.807, 2.05) is 51.1 Å². The van der Waals surface area contributed by atoms with E-state index >= 15 is 0 Å². The number of rotatable bonds is 9. The van der Waals surface area contributed by atoms with Gasteiger partial charge in [-0.05, 0) is 104 Å². The normalized spacial score (nSPS) is 24.7. The number of carbonyl (C=O) groups is 2. The second-order valence-corrected chi connectivity index (χ2v) is 12.0. The maximum absolute atomic E-state index is 13.5. The molecule has 3 aliphatic rings. The van der Waals surface area contributed by atoms with Gasteiger partial charge in [0.05, 0.1) is 17.9 Å². The lowest BCUT2D eigenvalue weighted by molar-refractivity contribution is -0.140. The van der Waals surface area contributed by atoms with Gasteiger partial charge in [-0.1, -0.05) is 62.2 Å². The van der Waals surface area contributed by atoms with Gasteiger partial charge in [-0.3, -0.25) is 14.5 Å². The monoisotopic (exact) mass is 555 g/mol. The number of hydrogen-bond donors (Lipinski definition) is 2. The summed E-state index contributed by atoms with van der Waals surface area (Å²) in [5.74, 6) is -0.693. The third-order valence-electron chi connectivity index (χ3n) is 9.07. The Hall–Kier alpha value is -3.16. The van der Waals surface area contributed by atoms with Gasteiger partial charge in [0.1, 0.15) is 5.75 Å². The average molecular weight is 556 g/mol. The van der Waals surface area contributed by atoms with E-state index in [0.717, 1.165) is 52.7 Å². The molecule has 6 nitrogen and oxygen atoms in total. The molecule has 41 heavy (non-hydrogen) atoms. The van der Waals surface area contributed by atoms with Gasteiger partial charge in [0, 0.05) is 6.54 Å². The van der Waals surface area contributed by atoms with E-state index in [4.69, 9.17) is 4.65 Å². The largest absolute Gasteiger partial charge is 0.507 e. The summed E-state index contributed by atoms with van der Waals surface area (Å²) >= 11 is 0. The van der Waals surface area contributed by atoms with Crippen molar-refractivity contribution in [1.29, 1.82) is 0 Å². The van der Waals surface area contributed by atoms with Crippen LogP contribution in [0.15, 0.2) is 53.6 Å². The van der Waals surface area contributed by atoms with Gasteiger partial charge in [-0.2, -0.15) is 0 Å². The number of fused-ring (bicyclic) bond motifs is 3. The predicted molar refractivity (Wildman–Crippen MR) is 163 cm³/mol. The standard InChI is InChI=1S/C34H42BNO5/c1-5-10-26-19-27-31(34(39)36(15-6-2)33(27)38)28-20-35(40)41-29(30(26)28)14-13-25(24-11-8-7-9-12-24)18-23-16-21(3)32(37)22(4)17-23/h7-9,11-12,16-18,27-29,31,37,40H,5-6,10,13-15,19-20H2,1-4H3/b25-18-/t27-,28+,29-,31-/m1/s1. The topological polar surface area (TPSA) is 87.1 Å². The van der Waals surface area contributed by atoms with Crippen LogP contribution in [0.2, 0.25) is 6.32 Å². The smallest absolute Gasteiger partial charge is 0.455 e. The highest BCUT2D eigenvalue weighted by atomic mass is 16.5. The molecule has 7 heteroatoms. The number of phenols is 1. The van der Waals surface area contributed by atoms with Crippen LogP contribution in [0.5, 0.6) is 5.75 Å². The lowest BCUT2D eigenvalue weighted by Gasteiger charge is -2.43. The van der Waals surface area contributed by atoms with Crippen LogP contribution in [-0.2, 0) is 14.2 Å². The highest BCUT2D eigenvalue weighted by Gasteiger charge is 2.56. The van der Waals surface area contributed by atoms with Crippen LogP contribution in [0.4, 0.5) is 0 Å². The Balaban J connectivity index is 1.48. The number of phenolic OH excluding ortho intramolecular Hbond substituents is 1. The molecule has 216 valence electrons. The minimum atomic E-state index is -0.968. The van der Waals surface area contributed by atoms with Gasteiger partial charge in [-0.15, -0.1) is 0 Å². The second kappa shape index (κ2) is 12.4. The Morgan fingerprint density at radius 3 is 2.41 bits per heavy atom. The summed E-state index contributed by atoms with van der Waals surface area (Å²) in [5, 5.41) is 21.2. The van der Waals surface area contributed by atoms with E-state index in [1.54, 1.807) is 0 Å². The van der Waals surface area contributed by atoms with Crippen molar-refractivity contribution in [3.63, 3.8) is 0 Å². The number of allylic oxidation sites excluding steroid dienone is 2. The Kier molecular flexibility index (Phi) is 8.86. The number of aromatic hydroxyl groups is 1.